The van der Waals surface area contributed by atoms with Gasteiger partial charge in [-0.1, -0.05) is 42.5 Å². The van der Waals surface area contributed by atoms with E-state index < -0.39 is 16.0 Å². The number of carboxylic acids is 1. The number of nitrogens with zero attached hydrogens (tertiary/aromatic N) is 1. The van der Waals surface area contributed by atoms with Crippen LogP contribution in [0.25, 0.3) is 22.6 Å². The summed E-state index contributed by atoms with van der Waals surface area (Å²) < 4.78 is 34.7. The van der Waals surface area contributed by atoms with Gasteiger partial charge in [0.2, 0.25) is 15.9 Å². The van der Waals surface area contributed by atoms with Gasteiger partial charge in [0.25, 0.3) is 0 Å². The standard InChI is InChI=1S/C23H18N2O6S/c24-32(28,29)19-12-8-15(9-13-19)21-22(16-4-2-1-3-5-16)31-20(25-21)14-30-18-10-6-17(7-11-18)23(26)27/h1-13H,14H2,(H,26,27)(H2,24,28,29). The van der Waals surface area contributed by atoms with Crippen molar-refractivity contribution in [3.05, 3.63) is 90.3 Å². The third-order valence-electron chi connectivity index (χ3n) is 4.63. The molecule has 9 heteroatoms. The Morgan fingerprint density at radius 1 is 0.938 bits per heavy atom. The van der Waals surface area contributed by atoms with Crippen molar-refractivity contribution in [2.24, 2.45) is 5.14 Å². The van der Waals surface area contributed by atoms with Crippen LogP contribution >= 0.6 is 0 Å². The van der Waals surface area contributed by atoms with Crippen LogP contribution in [0, 0.1) is 0 Å². The number of aromatic carboxylic acids is 1. The zero-order valence-electron chi connectivity index (χ0n) is 16.6. The number of carboxylic acid groups (broad SMARTS) is 1. The molecule has 8 nitrogen and oxygen atoms in total. The lowest BCUT2D eigenvalue weighted by Crippen LogP contribution is -2.11. The Labute approximate surface area is 184 Å². The highest BCUT2D eigenvalue weighted by Crippen LogP contribution is 2.33. The van der Waals surface area contributed by atoms with E-state index in [0.29, 0.717) is 28.7 Å². The molecule has 0 aliphatic rings. The summed E-state index contributed by atoms with van der Waals surface area (Å²) in [7, 11) is -3.81. The van der Waals surface area contributed by atoms with E-state index in [1.807, 2.05) is 30.3 Å². The van der Waals surface area contributed by atoms with Crippen LogP contribution in [-0.4, -0.2) is 24.5 Å². The molecule has 0 spiro atoms. The van der Waals surface area contributed by atoms with E-state index in [0.717, 1.165) is 5.56 Å². The number of aromatic nitrogens is 1. The summed E-state index contributed by atoms with van der Waals surface area (Å²) in [6, 6.07) is 21.4. The Morgan fingerprint density at radius 2 is 1.59 bits per heavy atom. The zero-order valence-corrected chi connectivity index (χ0v) is 17.5. The highest BCUT2D eigenvalue weighted by Gasteiger charge is 2.18. The number of benzene rings is 3. The first kappa shape index (κ1) is 21.3. The molecule has 0 fully saturated rings. The van der Waals surface area contributed by atoms with Crippen molar-refractivity contribution < 1.29 is 27.5 Å². The number of sulfonamides is 1. The number of rotatable bonds is 7. The van der Waals surface area contributed by atoms with Gasteiger partial charge < -0.3 is 14.3 Å². The van der Waals surface area contributed by atoms with Crippen LogP contribution in [-0.2, 0) is 16.6 Å². The molecule has 1 aromatic heterocycles. The van der Waals surface area contributed by atoms with Gasteiger partial charge in [0.1, 0.15) is 11.4 Å². The lowest BCUT2D eigenvalue weighted by Gasteiger charge is -2.03. The van der Waals surface area contributed by atoms with Crippen molar-refractivity contribution >= 4 is 16.0 Å². The highest BCUT2D eigenvalue weighted by atomic mass is 32.2. The third-order valence-corrected chi connectivity index (χ3v) is 5.56. The van der Waals surface area contributed by atoms with E-state index in [2.05, 4.69) is 4.98 Å². The number of hydrogen-bond acceptors (Lipinski definition) is 6. The van der Waals surface area contributed by atoms with Crippen molar-refractivity contribution in [2.45, 2.75) is 11.5 Å². The lowest BCUT2D eigenvalue weighted by atomic mass is 10.1. The molecule has 0 atom stereocenters. The van der Waals surface area contributed by atoms with Gasteiger partial charge in [-0.3, -0.25) is 0 Å². The second-order valence-corrected chi connectivity index (χ2v) is 8.40. The average molecular weight is 450 g/mol. The van der Waals surface area contributed by atoms with E-state index >= 15 is 0 Å². The van der Waals surface area contributed by atoms with Crippen LogP contribution in [0.2, 0.25) is 0 Å². The summed E-state index contributed by atoms with van der Waals surface area (Å²) in [4.78, 5) is 15.5. The number of hydrogen-bond donors (Lipinski definition) is 2. The Hall–Kier alpha value is -3.95. The third kappa shape index (κ3) is 4.69. The summed E-state index contributed by atoms with van der Waals surface area (Å²) in [5.41, 5.74) is 2.13. The smallest absolute Gasteiger partial charge is 0.335 e. The molecule has 1 heterocycles. The fraction of sp³-hybridized carbons (Fsp3) is 0.0435. The van der Waals surface area contributed by atoms with Crippen LogP contribution in [0.1, 0.15) is 16.2 Å². The first-order chi connectivity index (χ1) is 15.3. The average Bonchev–Trinajstić information content (AvgIpc) is 3.22. The molecule has 4 aromatic rings. The van der Waals surface area contributed by atoms with E-state index in [1.54, 1.807) is 24.3 Å². The SMILES string of the molecule is NS(=O)(=O)c1ccc(-c2nc(COc3ccc(C(=O)O)cc3)oc2-c2ccccc2)cc1. The van der Waals surface area contributed by atoms with E-state index in [-0.39, 0.29) is 17.1 Å². The Morgan fingerprint density at radius 3 is 2.19 bits per heavy atom. The molecule has 32 heavy (non-hydrogen) atoms. The van der Waals surface area contributed by atoms with Gasteiger partial charge in [-0.15, -0.1) is 0 Å². The number of primary sulfonamides is 1. The fourth-order valence-electron chi connectivity index (χ4n) is 3.05. The molecule has 0 radical (unpaired) electrons. The number of nitrogens with two attached hydrogens (primary N) is 1. The van der Waals surface area contributed by atoms with Gasteiger partial charge in [0, 0.05) is 11.1 Å². The lowest BCUT2D eigenvalue weighted by molar-refractivity contribution is 0.0696. The van der Waals surface area contributed by atoms with Gasteiger partial charge in [-0.2, -0.15) is 0 Å². The van der Waals surface area contributed by atoms with Gasteiger partial charge in [-0.25, -0.2) is 23.3 Å². The first-order valence-electron chi connectivity index (χ1n) is 9.46. The molecule has 0 bridgehead atoms. The van der Waals surface area contributed by atoms with E-state index in [9.17, 15) is 13.2 Å². The van der Waals surface area contributed by atoms with Crippen molar-refractivity contribution in [3.63, 3.8) is 0 Å². The van der Waals surface area contributed by atoms with Crippen LogP contribution in [0.4, 0.5) is 0 Å². The maximum Gasteiger partial charge on any atom is 0.335 e. The van der Waals surface area contributed by atoms with Crippen LogP contribution < -0.4 is 9.88 Å². The Kier molecular flexibility index (Phi) is 5.76. The number of ether oxygens (including phenoxy) is 1. The van der Waals surface area contributed by atoms with Crippen LogP contribution in [0.5, 0.6) is 5.75 Å². The van der Waals surface area contributed by atoms with Gasteiger partial charge in [0.15, 0.2) is 12.4 Å². The van der Waals surface area contributed by atoms with Crippen LogP contribution in [0.3, 0.4) is 0 Å². The summed E-state index contributed by atoms with van der Waals surface area (Å²) >= 11 is 0. The fourth-order valence-corrected chi connectivity index (χ4v) is 3.56. The number of carbonyl (C=O) groups is 1. The quantitative estimate of drug-likeness (QED) is 0.436. The van der Waals surface area contributed by atoms with Gasteiger partial charge >= 0.3 is 5.97 Å². The van der Waals surface area contributed by atoms with Crippen molar-refractivity contribution in [1.29, 1.82) is 0 Å². The predicted octanol–water partition coefficient (Wildman–Crippen LogP) is 3.93. The molecule has 0 amide bonds. The van der Waals surface area contributed by atoms with Crippen LogP contribution in [0.15, 0.2) is 88.2 Å². The maximum absolute atomic E-state index is 11.5. The van der Waals surface area contributed by atoms with Crippen molar-refractivity contribution in [2.75, 3.05) is 0 Å². The molecule has 0 aliphatic carbocycles. The molecule has 4 rings (SSSR count). The topological polar surface area (TPSA) is 133 Å². The maximum atomic E-state index is 11.5. The first-order valence-corrected chi connectivity index (χ1v) is 11.0. The molecular weight excluding hydrogens is 432 g/mol. The minimum absolute atomic E-state index is 0.000583. The predicted molar refractivity (Wildman–Crippen MR) is 116 cm³/mol. The minimum atomic E-state index is -3.81. The highest BCUT2D eigenvalue weighted by molar-refractivity contribution is 7.89. The second kappa shape index (κ2) is 8.66. The largest absolute Gasteiger partial charge is 0.484 e. The normalized spacial score (nSPS) is 11.3. The van der Waals surface area contributed by atoms with Gasteiger partial charge in [-0.05, 0) is 36.4 Å². The summed E-state index contributed by atoms with van der Waals surface area (Å²) in [5.74, 6) is 0.258. The van der Waals surface area contributed by atoms with E-state index in [1.165, 1.54) is 24.3 Å². The molecular formula is C23H18N2O6S. The van der Waals surface area contributed by atoms with Gasteiger partial charge in [0.05, 0.1) is 10.5 Å². The molecule has 0 saturated carbocycles. The molecule has 0 aliphatic heterocycles. The number of oxazole rings is 1. The Bertz CT molecular complexity index is 1350. The molecule has 162 valence electrons. The molecule has 0 unspecified atom stereocenters. The van der Waals surface area contributed by atoms with Crippen molar-refractivity contribution in [3.8, 4) is 28.3 Å². The molecule has 3 aromatic carbocycles. The Balaban J connectivity index is 1.64. The second-order valence-electron chi connectivity index (χ2n) is 6.84. The monoisotopic (exact) mass is 450 g/mol. The molecule has 0 saturated heterocycles. The minimum Gasteiger partial charge on any atom is -0.484 e. The summed E-state index contributed by atoms with van der Waals surface area (Å²) in [6.07, 6.45) is 0. The van der Waals surface area contributed by atoms with E-state index in [4.69, 9.17) is 19.4 Å². The molecule has 3 N–H and O–H groups in total. The zero-order chi connectivity index (χ0) is 22.7. The van der Waals surface area contributed by atoms with Crippen molar-refractivity contribution in [1.82, 2.24) is 4.98 Å². The summed E-state index contributed by atoms with van der Waals surface area (Å²) in [5, 5.41) is 14.2. The summed E-state index contributed by atoms with van der Waals surface area (Å²) in [6.45, 7) is 0.0154.